The van der Waals surface area contributed by atoms with E-state index >= 15 is 0 Å². The third-order valence-corrected chi connectivity index (χ3v) is 8.13. The molecule has 1 N–H and O–H groups in total. The number of hydrogen-bond donors (Lipinski definition) is 1. The zero-order valence-electron chi connectivity index (χ0n) is 15.7. The topological polar surface area (TPSA) is 66.5 Å². The van der Waals surface area contributed by atoms with Gasteiger partial charge in [0, 0.05) is 46.7 Å². The predicted octanol–water partition coefficient (Wildman–Crippen LogP) is 4.44. The molecule has 1 saturated heterocycles. The summed E-state index contributed by atoms with van der Waals surface area (Å²) in [6.07, 6.45) is 1.78. The summed E-state index contributed by atoms with van der Waals surface area (Å²) >= 11 is 13.7. The third-order valence-electron chi connectivity index (χ3n) is 4.62. The summed E-state index contributed by atoms with van der Waals surface area (Å²) < 4.78 is 26.5. The van der Waals surface area contributed by atoms with Gasteiger partial charge in [0.1, 0.15) is 0 Å². The van der Waals surface area contributed by atoms with Crippen molar-refractivity contribution < 1.29 is 13.2 Å². The van der Waals surface area contributed by atoms with E-state index in [1.54, 1.807) is 36.0 Å². The van der Waals surface area contributed by atoms with Crippen LogP contribution < -0.4 is 5.32 Å². The Hall–Kier alpha value is -1.25. The van der Waals surface area contributed by atoms with Crippen molar-refractivity contribution in [3.8, 4) is 0 Å². The van der Waals surface area contributed by atoms with Crippen molar-refractivity contribution in [3.05, 3.63) is 63.6 Å². The molecule has 0 bridgehead atoms. The molecule has 0 aromatic heterocycles. The Morgan fingerprint density at radius 2 is 1.76 bits per heavy atom. The van der Waals surface area contributed by atoms with Crippen LogP contribution in [0.2, 0.25) is 10.0 Å². The third kappa shape index (κ3) is 5.89. The standard InChI is InChI=1S/C20H22Cl2N2O3S2/c21-17-6-3-16(19(22)13-17)14-28-12-9-23-20(25)15-4-7-18(8-5-15)29(26,27)24-10-1-2-11-24/h3-8,13H,1-2,9-12,14H2,(H,23,25). The molecular weight excluding hydrogens is 451 g/mol. The van der Waals surface area contributed by atoms with Gasteiger partial charge in [0.2, 0.25) is 10.0 Å². The molecule has 1 heterocycles. The molecule has 0 spiro atoms. The molecule has 2 aromatic rings. The van der Waals surface area contributed by atoms with Crippen LogP contribution >= 0.6 is 35.0 Å². The number of rotatable bonds is 8. The molecule has 0 aliphatic carbocycles. The maximum absolute atomic E-state index is 12.5. The van der Waals surface area contributed by atoms with Gasteiger partial charge in [0.25, 0.3) is 5.91 Å². The lowest BCUT2D eigenvalue weighted by molar-refractivity contribution is 0.0956. The molecule has 1 amide bonds. The highest BCUT2D eigenvalue weighted by molar-refractivity contribution is 7.98. The summed E-state index contributed by atoms with van der Waals surface area (Å²) in [6, 6.07) is 11.5. The average Bonchev–Trinajstić information content (AvgIpc) is 3.25. The first-order valence-electron chi connectivity index (χ1n) is 9.28. The number of hydrogen-bond acceptors (Lipinski definition) is 4. The van der Waals surface area contributed by atoms with E-state index in [-0.39, 0.29) is 10.8 Å². The monoisotopic (exact) mass is 472 g/mol. The van der Waals surface area contributed by atoms with Gasteiger partial charge in [-0.05, 0) is 54.8 Å². The van der Waals surface area contributed by atoms with Gasteiger partial charge in [0.05, 0.1) is 4.90 Å². The highest BCUT2D eigenvalue weighted by Crippen LogP contribution is 2.24. The van der Waals surface area contributed by atoms with Gasteiger partial charge >= 0.3 is 0 Å². The number of sulfonamides is 1. The van der Waals surface area contributed by atoms with E-state index in [0.29, 0.717) is 35.2 Å². The highest BCUT2D eigenvalue weighted by Gasteiger charge is 2.27. The number of nitrogens with zero attached hydrogens (tertiary/aromatic N) is 1. The van der Waals surface area contributed by atoms with Gasteiger partial charge < -0.3 is 5.32 Å². The zero-order valence-corrected chi connectivity index (χ0v) is 18.9. The maximum Gasteiger partial charge on any atom is 0.251 e. The Balaban J connectivity index is 1.46. The summed E-state index contributed by atoms with van der Waals surface area (Å²) in [5.41, 5.74) is 1.44. The Labute approximate surface area is 185 Å². The summed E-state index contributed by atoms with van der Waals surface area (Å²) in [6.45, 7) is 1.62. The number of carbonyl (C=O) groups excluding carboxylic acids is 1. The molecule has 2 aromatic carbocycles. The van der Waals surface area contributed by atoms with Crippen LogP contribution in [-0.4, -0.2) is 44.0 Å². The minimum Gasteiger partial charge on any atom is -0.351 e. The van der Waals surface area contributed by atoms with E-state index in [4.69, 9.17) is 23.2 Å². The molecule has 5 nitrogen and oxygen atoms in total. The quantitative estimate of drug-likeness (QED) is 0.576. The van der Waals surface area contributed by atoms with Crippen molar-refractivity contribution in [3.63, 3.8) is 0 Å². The van der Waals surface area contributed by atoms with Crippen LogP contribution in [-0.2, 0) is 15.8 Å². The second kappa shape index (κ2) is 10.2. The summed E-state index contributed by atoms with van der Waals surface area (Å²) in [5, 5.41) is 4.09. The average molecular weight is 473 g/mol. The number of halogens is 2. The number of thioether (sulfide) groups is 1. The van der Waals surface area contributed by atoms with Crippen molar-refractivity contribution in [1.29, 1.82) is 0 Å². The van der Waals surface area contributed by atoms with Crippen LogP contribution in [0.4, 0.5) is 0 Å². The second-order valence-corrected chi connectivity index (χ2v) is 10.6. The van der Waals surface area contributed by atoms with Crippen molar-refractivity contribution in [2.45, 2.75) is 23.5 Å². The van der Waals surface area contributed by atoms with E-state index in [1.807, 2.05) is 6.07 Å². The molecule has 1 aliphatic rings. The largest absolute Gasteiger partial charge is 0.351 e. The summed E-state index contributed by atoms with van der Waals surface area (Å²) in [7, 11) is -3.46. The van der Waals surface area contributed by atoms with E-state index in [0.717, 1.165) is 29.9 Å². The lowest BCUT2D eigenvalue weighted by Gasteiger charge is -2.15. The normalized spacial score (nSPS) is 14.8. The smallest absolute Gasteiger partial charge is 0.251 e. The van der Waals surface area contributed by atoms with Gasteiger partial charge in [-0.15, -0.1) is 0 Å². The maximum atomic E-state index is 12.5. The summed E-state index contributed by atoms with van der Waals surface area (Å²) in [5.74, 6) is 1.24. The second-order valence-electron chi connectivity index (χ2n) is 6.68. The molecule has 0 atom stereocenters. The SMILES string of the molecule is O=C(NCCSCc1ccc(Cl)cc1Cl)c1ccc(S(=O)(=O)N2CCCC2)cc1. The molecule has 3 rings (SSSR count). The van der Waals surface area contributed by atoms with Crippen molar-refractivity contribution in [1.82, 2.24) is 9.62 Å². The zero-order chi connectivity index (χ0) is 20.9. The van der Waals surface area contributed by atoms with Crippen LogP contribution in [0.5, 0.6) is 0 Å². The predicted molar refractivity (Wildman–Crippen MR) is 119 cm³/mol. The summed E-state index contributed by atoms with van der Waals surface area (Å²) in [4.78, 5) is 12.5. The molecular formula is C20H22Cl2N2O3S2. The Morgan fingerprint density at radius 3 is 2.41 bits per heavy atom. The van der Waals surface area contributed by atoms with Crippen LogP contribution in [0, 0.1) is 0 Å². The number of benzene rings is 2. The molecule has 156 valence electrons. The molecule has 0 saturated carbocycles. The van der Waals surface area contributed by atoms with Gasteiger partial charge in [0.15, 0.2) is 0 Å². The fraction of sp³-hybridized carbons (Fsp3) is 0.350. The van der Waals surface area contributed by atoms with Gasteiger partial charge in [-0.2, -0.15) is 16.1 Å². The van der Waals surface area contributed by atoms with Gasteiger partial charge in [-0.25, -0.2) is 8.42 Å². The molecule has 0 unspecified atom stereocenters. The van der Waals surface area contributed by atoms with Crippen LogP contribution in [0.15, 0.2) is 47.4 Å². The molecule has 9 heteroatoms. The molecule has 1 fully saturated rings. The minimum atomic E-state index is -3.46. The molecule has 0 radical (unpaired) electrons. The fourth-order valence-electron chi connectivity index (χ4n) is 3.02. The Morgan fingerprint density at radius 1 is 1.07 bits per heavy atom. The van der Waals surface area contributed by atoms with Gasteiger partial charge in [-0.1, -0.05) is 29.3 Å². The highest BCUT2D eigenvalue weighted by atomic mass is 35.5. The first kappa shape index (κ1) is 22.4. The number of amides is 1. The van der Waals surface area contributed by atoms with Crippen molar-refractivity contribution >= 4 is 50.9 Å². The fourth-order valence-corrected chi connectivity index (χ4v) is 5.95. The lowest BCUT2D eigenvalue weighted by Crippen LogP contribution is -2.28. The molecule has 29 heavy (non-hydrogen) atoms. The van der Waals surface area contributed by atoms with Crippen molar-refractivity contribution in [2.24, 2.45) is 0 Å². The van der Waals surface area contributed by atoms with Crippen molar-refractivity contribution in [2.75, 3.05) is 25.4 Å². The Kier molecular flexibility index (Phi) is 7.87. The Bertz CT molecular complexity index is 960. The van der Waals surface area contributed by atoms with Crippen LogP contribution in [0.1, 0.15) is 28.8 Å². The van der Waals surface area contributed by atoms with E-state index in [9.17, 15) is 13.2 Å². The minimum absolute atomic E-state index is 0.222. The van der Waals surface area contributed by atoms with E-state index in [2.05, 4.69) is 5.32 Å². The first-order valence-corrected chi connectivity index (χ1v) is 12.6. The van der Waals surface area contributed by atoms with Crippen LogP contribution in [0.3, 0.4) is 0 Å². The van der Waals surface area contributed by atoms with E-state index < -0.39 is 10.0 Å². The van der Waals surface area contributed by atoms with E-state index in [1.165, 1.54) is 16.4 Å². The number of nitrogens with one attached hydrogen (secondary N) is 1. The molecule has 1 aliphatic heterocycles. The number of carbonyl (C=O) groups is 1. The lowest BCUT2D eigenvalue weighted by atomic mass is 10.2. The van der Waals surface area contributed by atoms with Gasteiger partial charge in [-0.3, -0.25) is 4.79 Å². The first-order chi connectivity index (χ1) is 13.9. The van der Waals surface area contributed by atoms with Crippen LogP contribution in [0.25, 0.3) is 0 Å².